The summed E-state index contributed by atoms with van der Waals surface area (Å²) in [6.07, 6.45) is 3.50. The van der Waals surface area contributed by atoms with Crippen molar-refractivity contribution in [3.05, 3.63) is 96.4 Å². The Balaban J connectivity index is 1.54. The number of hydrogen-bond acceptors (Lipinski definition) is 4. The predicted molar refractivity (Wildman–Crippen MR) is 109 cm³/mol. The summed E-state index contributed by atoms with van der Waals surface area (Å²) < 4.78 is 0. The summed E-state index contributed by atoms with van der Waals surface area (Å²) in [5.41, 5.74) is 3.90. The number of para-hydroxylation sites is 1. The Morgan fingerprint density at radius 1 is 1.04 bits per heavy atom. The van der Waals surface area contributed by atoms with E-state index in [0.29, 0.717) is 11.4 Å². The highest BCUT2D eigenvalue weighted by molar-refractivity contribution is 6.13. The minimum atomic E-state index is -0.275. The summed E-state index contributed by atoms with van der Waals surface area (Å²) in [7, 11) is 0. The molecule has 2 heterocycles. The van der Waals surface area contributed by atoms with Crippen molar-refractivity contribution >= 4 is 28.2 Å². The fourth-order valence-corrected chi connectivity index (χ4v) is 2.83. The monoisotopic (exact) mass is 370 g/mol. The van der Waals surface area contributed by atoms with Gasteiger partial charge in [0, 0.05) is 22.8 Å². The minimum absolute atomic E-state index is 0.187. The van der Waals surface area contributed by atoms with Crippen molar-refractivity contribution in [2.45, 2.75) is 0 Å². The van der Waals surface area contributed by atoms with Crippen LogP contribution in [-0.2, 0) is 9.63 Å². The third-order valence-corrected chi connectivity index (χ3v) is 4.14. The van der Waals surface area contributed by atoms with Crippen LogP contribution in [0.25, 0.3) is 10.9 Å². The van der Waals surface area contributed by atoms with E-state index in [2.05, 4.69) is 20.4 Å². The van der Waals surface area contributed by atoms with E-state index in [1.54, 1.807) is 12.4 Å². The number of fused-ring (bicyclic) bond motifs is 1. The number of pyridine rings is 1. The molecule has 0 fully saturated rings. The largest absolute Gasteiger partial charge is 0.385 e. The molecule has 4 rings (SSSR count). The number of rotatable bonds is 6. The quantitative estimate of drug-likeness (QED) is 0.398. The van der Waals surface area contributed by atoms with Crippen molar-refractivity contribution in [3.8, 4) is 0 Å². The van der Waals surface area contributed by atoms with Gasteiger partial charge in [0.05, 0.1) is 17.4 Å². The van der Waals surface area contributed by atoms with E-state index < -0.39 is 0 Å². The molecule has 138 valence electrons. The van der Waals surface area contributed by atoms with Crippen molar-refractivity contribution in [3.63, 3.8) is 0 Å². The van der Waals surface area contributed by atoms with Gasteiger partial charge < -0.3 is 15.1 Å². The first-order valence-corrected chi connectivity index (χ1v) is 8.83. The summed E-state index contributed by atoms with van der Waals surface area (Å²) in [6.45, 7) is -0.187. The molecule has 6 nitrogen and oxygen atoms in total. The number of carbonyl (C=O) groups is 1. The maximum Gasteiger partial charge on any atom is 0.265 e. The minimum Gasteiger partial charge on any atom is -0.385 e. The van der Waals surface area contributed by atoms with Crippen LogP contribution < -0.4 is 5.32 Å². The highest BCUT2D eigenvalue weighted by Crippen LogP contribution is 2.17. The standard InChI is InChI=1S/C22H18N4O2/c27-21(24-18-9-5-2-6-10-18)15-28-26-22(16-7-3-1-4-8-16)19-13-17-11-12-23-14-20(17)25-19/h1-14,25H,15H2,(H,24,27). The highest BCUT2D eigenvalue weighted by Gasteiger charge is 2.12. The van der Waals surface area contributed by atoms with Gasteiger partial charge in [-0.1, -0.05) is 53.7 Å². The molecule has 4 aromatic rings. The van der Waals surface area contributed by atoms with E-state index in [9.17, 15) is 4.79 Å². The topological polar surface area (TPSA) is 79.4 Å². The van der Waals surface area contributed by atoms with E-state index in [-0.39, 0.29) is 12.5 Å². The Labute approximate surface area is 161 Å². The first kappa shape index (κ1) is 17.5. The molecule has 0 unspecified atom stereocenters. The molecule has 1 amide bonds. The Kier molecular flexibility index (Phi) is 5.11. The second-order valence-corrected chi connectivity index (χ2v) is 6.14. The average Bonchev–Trinajstić information content (AvgIpc) is 3.16. The smallest absolute Gasteiger partial charge is 0.265 e. The van der Waals surface area contributed by atoms with Gasteiger partial charge in [-0.15, -0.1) is 0 Å². The first-order valence-electron chi connectivity index (χ1n) is 8.83. The molecule has 0 saturated heterocycles. The predicted octanol–water partition coefficient (Wildman–Crippen LogP) is 3.97. The van der Waals surface area contributed by atoms with Crippen LogP contribution >= 0.6 is 0 Å². The van der Waals surface area contributed by atoms with E-state index in [4.69, 9.17) is 4.84 Å². The maximum absolute atomic E-state index is 12.1. The molecular formula is C22H18N4O2. The van der Waals surface area contributed by atoms with Gasteiger partial charge >= 0.3 is 0 Å². The van der Waals surface area contributed by atoms with Gasteiger partial charge in [-0.05, 0) is 24.3 Å². The number of H-pyrrole nitrogens is 1. The number of benzene rings is 2. The molecule has 0 saturated carbocycles. The van der Waals surface area contributed by atoms with Gasteiger partial charge in [-0.3, -0.25) is 9.78 Å². The number of amides is 1. The number of carbonyl (C=O) groups excluding carboxylic acids is 1. The molecule has 0 atom stereocenters. The molecule has 2 N–H and O–H groups in total. The maximum atomic E-state index is 12.1. The summed E-state index contributed by atoms with van der Waals surface area (Å²) in [5.74, 6) is -0.275. The first-order chi connectivity index (χ1) is 13.8. The third kappa shape index (κ3) is 4.07. The Hall–Kier alpha value is -3.93. The molecule has 0 aliphatic carbocycles. The van der Waals surface area contributed by atoms with E-state index in [0.717, 1.165) is 22.2 Å². The number of hydrogen-bond donors (Lipinski definition) is 2. The van der Waals surface area contributed by atoms with Crippen LogP contribution in [0.1, 0.15) is 11.3 Å². The van der Waals surface area contributed by atoms with Crippen LogP contribution in [-0.4, -0.2) is 28.2 Å². The van der Waals surface area contributed by atoms with Crippen molar-refractivity contribution in [1.82, 2.24) is 9.97 Å². The van der Waals surface area contributed by atoms with E-state index in [1.165, 1.54) is 0 Å². The van der Waals surface area contributed by atoms with Gasteiger partial charge in [0.2, 0.25) is 0 Å². The van der Waals surface area contributed by atoms with Gasteiger partial charge in [0.25, 0.3) is 5.91 Å². The van der Waals surface area contributed by atoms with Gasteiger partial charge in [0.15, 0.2) is 6.61 Å². The number of oxime groups is 1. The Morgan fingerprint density at radius 2 is 1.79 bits per heavy atom. The number of aromatic amines is 1. The normalized spacial score (nSPS) is 11.4. The van der Waals surface area contributed by atoms with E-state index >= 15 is 0 Å². The second kappa shape index (κ2) is 8.18. The van der Waals surface area contributed by atoms with Gasteiger partial charge in [-0.2, -0.15) is 0 Å². The lowest BCUT2D eigenvalue weighted by atomic mass is 10.1. The Bertz CT molecular complexity index is 1070. The van der Waals surface area contributed by atoms with Crippen LogP contribution in [0.4, 0.5) is 5.69 Å². The van der Waals surface area contributed by atoms with Crippen LogP contribution in [0.2, 0.25) is 0 Å². The zero-order valence-corrected chi connectivity index (χ0v) is 15.0. The molecule has 6 heteroatoms. The summed E-state index contributed by atoms with van der Waals surface area (Å²) in [4.78, 5) is 24.9. The number of anilines is 1. The number of nitrogens with zero attached hydrogens (tertiary/aromatic N) is 2. The molecule has 0 radical (unpaired) electrons. The fourth-order valence-electron chi connectivity index (χ4n) is 2.83. The summed E-state index contributed by atoms with van der Waals surface area (Å²) in [6, 6.07) is 22.8. The van der Waals surface area contributed by atoms with Crippen molar-refractivity contribution < 1.29 is 9.63 Å². The molecule has 0 aliphatic rings. The molecule has 0 aliphatic heterocycles. The molecule has 0 bridgehead atoms. The lowest BCUT2D eigenvalue weighted by Crippen LogP contribution is -2.17. The second-order valence-electron chi connectivity index (χ2n) is 6.14. The van der Waals surface area contributed by atoms with Crippen LogP contribution in [0.3, 0.4) is 0 Å². The lowest BCUT2D eigenvalue weighted by molar-refractivity contribution is -0.120. The van der Waals surface area contributed by atoms with Crippen LogP contribution in [0.15, 0.2) is 90.3 Å². The van der Waals surface area contributed by atoms with Gasteiger partial charge in [-0.25, -0.2) is 0 Å². The average molecular weight is 370 g/mol. The molecule has 28 heavy (non-hydrogen) atoms. The zero-order chi connectivity index (χ0) is 19.2. The fraction of sp³-hybridized carbons (Fsp3) is 0.0455. The van der Waals surface area contributed by atoms with Crippen molar-refractivity contribution in [2.24, 2.45) is 5.16 Å². The van der Waals surface area contributed by atoms with Crippen molar-refractivity contribution in [2.75, 3.05) is 11.9 Å². The summed E-state index contributed by atoms with van der Waals surface area (Å²) >= 11 is 0. The van der Waals surface area contributed by atoms with Crippen LogP contribution in [0.5, 0.6) is 0 Å². The molecule has 2 aromatic carbocycles. The molecule has 2 aromatic heterocycles. The number of aromatic nitrogens is 2. The van der Waals surface area contributed by atoms with Gasteiger partial charge in [0.1, 0.15) is 5.71 Å². The zero-order valence-electron chi connectivity index (χ0n) is 15.0. The third-order valence-electron chi connectivity index (χ3n) is 4.14. The highest BCUT2D eigenvalue weighted by atomic mass is 16.6. The number of nitrogens with one attached hydrogen (secondary N) is 2. The van der Waals surface area contributed by atoms with Crippen molar-refractivity contribution in [1.29, 1.82) is 0 Å². The molecular weight excluding hydrogens is 352 g/mol. The molecule has 0 spiro atoms. The SMILES string of the molecule is O=C(CON=C(c1ccccc1)c1cc2ccncc2[nH]1)Nc1ccccc1. The summed E-state index contributed by atoms with van der Waals surface area (Å²) in [5, 5.41) is 8.04. The lowest BCUT2D eigenvalue weighted by Gasteiger charge is -2.07. The van der Waals surface area contributed by atoms with E-state index in [1.807, 2.05) is 72.8 Å². The van der Waals surface area contributed by atoms with Crippen LogP contribution in [0, 0.1) is 0 Å². The Morgan fingerprint density at radius 3 is 2.54 bits per heavy atom.